The first-order chi connectivity index (χ1) is 16.5. The number of hydrogen-bond donors (Lipinski definition) is 0. The zero-order valence-corrected chi connectivity index (χ0v) is 20.3. The number of allylic oxidation sites excluding steroid dienone is 1. The van der Waals surface area contributed by atoms with E-state index in [0.29, 0.717) is 33.0 Å². The van der Waals surface area contributed by atoms with Crippen molar-refractivity contribution in [3.63, 3.8) is 0 Å². The van der Waals surface area contributed by atoms with E-state index < -0.39 is 12.0 Å². The summed E-state index contributed by atoms with van der Waals surface area (Å²) in [6.45, 7) is 6.27. The first kappa shape index (κ1) is 23.5. The number of esters is 1. The van der Waals surface area contributed by atoms with Crippen LogP contribution in [0.1, 0.15) is 37.9 Å². The molecule has 176 valence electrons. The second kappa shape index (κ2) is 10.1. The van der Waals surface area contributed by atoms with E-state index in [2.05, 4.69) is 4.99 Å². The molecule has 1 aliphatic rings. The first-order valence-corrected chi connectivity index (χ1v) is 11.8. The highest BCUT2D eigenvalue weighted by Gasteiger charge is 2.33. The molecule has 0 bridgehead atoms. The molecule has 0 aliphatic carbocycles. The molecule has 0 saturated heterocycles. The predicted octanol–water partition coefficient (Wildman–Crippen LogP) is 3.21. The lowest BCUT2D eigenvalue weighted by Gasteiger charge is -2.24. The Hall–Kier alpha value is -3.65. The van der Waals surface area contributed by atoms with Crippen molar-refractivity contribution < 1.29 is 19.0 Å². The summed E-state index contributed by atoms with van der Waals surface area (Å²) in [7, 11) is 1.59. The average Bonchev–Trinajstić information content (AvgIpc) is 3.14. The van der Waals surface area contributed by atoms with E-state index in [1.54, 1.807) is 25.5 Å². The molecule has 0 spiro atoms. The Labute approximate surface area is 201 Å². The van der Waals surface area contributed by atoms with Crippen molar-refractivity contribution in [1.29, 1.82) is 0 Å². The van der Waals surface area contributed by atoms with Crippen molar-refractivity contribution in [2.45, 2.75) is 26.8 Å². The molecule has 1 aliphatic heterocycles. The van der Waals surface area contributed by atoms with Gasteiger partial charge in [-0.15, -0.1) is 0 Å². The Kier molecular flexibility index (Phi) is 6.98. The number of rotatable bonds is 7. The maximum atomic E-state index is 13.6. The molecule has 2 heterocycles. The van der Waals surface area contributed by atoms with Gasteiger partial charge in [0.1, 0.15) is 11.5 Å². The standard InChI is InChI=1S/C26H26N2O5S/c1-5-32-20-11-7-17(8-12-20)15-21-24(29)28-23(18-9-13-19(31-4)14-10-18)22(25(30)33-6-2)16(3)27-26(28)34-21/h7-15,23H,5-6H2,1-4H3/b21-15-. The topological polar surface area (TPSA) is 79.1 Å². The fourth-order valence-electron chi connectivity index (χ4n) is 3.87. The second-order valence-corrected chi connectivity index (χ2v) is 8.59. The summed E-state index contributed by atoms with van der Waals surface area (Å²) in [5.41, 5.74) is 2.32. The second-order valence-electron chi connectivity index (χ2n) is 7.58. The van der Waals surface area contributed by atoms with Gasteiger partial charge in [0.2, 0.25) is 0 Å². The van der Waals surface area contributed by atoms with Crippen molar-refractivity contribution in [3.05, 3.63) is 90.6 Å². The van der Waals surface area contributed by atoms with Crippen LogP contribution in [0.3, 0.4) is 0 Å². The third-order valence-corrected chi connectivity index (χ3v) is 6.42. The zero-order chi connectivity index (χ0) is 24.2. The van der Waals surface area contributed by atoms with Crippen molar-refractivity contribution in [1.82, 2.24) is 4.57 Å². The smallest absolute Gasteiger partial charge is 0.338 e. The number of carbonyl (C=O) groups excluding carboxylic acids is 1. The lowest BCUT2D eigenvalue weighted by molar-refractivity contribution is -0.139. The Morgan fingerprint density at radius 3 is 2.35 bits per heavy atom. The number of benzene rings is 2. The van der Waals surface area contributed by atoms with Crippen LogP contribution >= 0.6 is 11.3 Å². The van der Waals surface area contributed by atoms with Crippen molar-refractivity contribution in [2.75, 3.05) is 20.3 Å². The molecular formula is C26H26N2O5S. The molecule has 34 heavy (non-hydrogen) atoms. The number of carbonyl (C=O) groups is 1. The van der Waals surface area contributed by atoms with Gasteiger partial charge in [-0.2, -0.15) is 0 Å². The average molecular weight is 479 g/mol. The highest BCUT2D eigenvalue weighted by molar-refractivity contribution is 7.07. The highest BCUT2D eigenvalue weighted by Crippen LogP contribution is 2.31. The molecule has 8 heteroatoms. The molecule has 1 unspecified atom stereocenters. The molecule has 0 N–H and O–H groups in total. The van der Waals surface area contributed by atoms with E-state index in [1.165, 1.54) is 11.3 Å². The minimum Gasteiger partial charge on any atom is -0.497 e. The third-order valence-electron chi connectivity index (χ3n) is 5.44. The number of methoxy groups -OCH3 is 1. The van der Waals surface area contributed by atoms with Crippen LogP contribution in [0.4, 0.5) is 0 Å². The van der Waals surface area contributed by atoms with Crippen LogP contribution in [-0.2, 0) is 9.53 Å². The monoisotopic (exact) mass is 478 g/mol. The Balaban J connectivity index is 1.87. The van der Waals surface area contributed by atoms with Crippen LogP contribution in [-0.4, -0.2) is 30.9 Å². The zero-order valence-electron chi connectivity index (χ0n) is 19.5. The van der Waals surface area contributed by atoms with Gasteiger partial charge in [0, 0.05) is 0 Å². The normalized spacial score (nSPS) is 15.5. The lowest BCUT2D eigenvalue weighted by atomic mass is 9.96. The quantitative estimate of drug-likeness (QED) is 0.488. The van der Waals surface area contributed by atoms with Gasteiger partial charge in [-0.1, -0.05) is 35.6 Å². The van der Waals surface area contributed by atoms with Crippen molar-refractivity contribution >= 4 is 23.4 Å². The van der Waals surface area contributed by atoms with Gasteiger partial charge < -0.3 is 14.2 Å². The molecule has 1 atom stereocenters. The van der Waals surface area contributed by atoms with Gasteiger partial charge in [0.25, 0.3) is 5.56 Å². The van der Waals surface area contributed by atoms with Gasteiger partial charge in [0.05, 0.1) is 42.2 Å². The maximum absolute atomic E-state index is 13.6. The van der Waals surface area contributed by atoms with E-state index in [4.69, 9.17) is 14.2 Å². The van der Waals surface area contributed by atoms with Gasteiger partial charge in [-0.3, -0.25) is 9.36 Å². The molecular weight excluding hydrogens is 452 g/mol. The summed E-state index contributed by atoms with van der Waals surface area (Å²) >= 11 is 1.29. The number of nitrogens with zero attached hydrogens (tertiary/aromatic N) is 2. The van der Waals surface area contributed by atoms with Gasteiger partial charge >= 0.3 is 5.97 Å². The lowest BCUT2D eigenvalue weighted by Crippen LogP contribution is -2.39. The molecule has 0 saturated carbocycles. The molecule has 0 amide bonds. The summed E-state index contributed by atoms with van der Waals surface area (Å²) in [6.07, 6.45) is 1.83. The summed E-state index contributed by atoms with van der Waals surface area (Å²) in [4.78, 5) is 31.6. The van der Waals surface area contributed by atoms with Crippen LogP contribution < -0.4 is 24.4 Å². The first-order valence-electron chi connectivity index (χ1n) is 11.0. The van der Waals surface area contributed by atoms with Gasteiger partial charge in [-0.25, -0.2) is 9.79 Å². The third kappa shape index (κ3) is 4.54. The van der Waals surface area contributed by atoms with E-state index >= 15 is 0 Å². The minimum absolute atomic E-state index is 0.215. The maximum Gasteiger partial charge on any atom is 0.338 e. The van der Waals surface area contributed by atoms with Crippen LogP contribution in [0.5, 0.6) is 11.5 Å². The summed E-state index contributed by atoms with van der Waals surface area (Å²) in [6, 6.07) is 14.2. The molecule has 0 fully saturated rings. The number of thiazole rings is 1. The highest BCUT2D eigenvalue weighted by atomic mass is 32.1. The summed E-state index contributed by atoms with van der Waals surface area (Å²) in [5.74, 6) is 0.978. The van der Waals surface area contributed by atoms with Crippen LogP contribution in [0, 0.1) is 0 Å². The molecule has 2 aromatic carbocycles. The SMILES string of the molecule is CCOC(=O)C1=C(C)N=c2s/c(=C\c3ccc(OCC)cc3)c(=O)n2C1c1ccc(OC)cc1. The van der Waals surface area contributed by atoms with Crippen LogP contribution in [0.15, 0.2) is 69.6 Å². The molecule has 0 radical (unpaired) electrons. The minimum atomic E-state index is -0.649. The van der Waals surface area contributed by atoms with E-state index in [-0.39, 0.29) is 12.2 Å². The van der Waals surface area contributed by atoms with E-state index in [9.17, 15) is 9.59 Å². The molecule has 3 aromatic rings. The Morgan fingerprint density at radius 2 is 1.74 bits per heavy atom. The Morgan fingerprint density at radius 1 is 1.06 bits per heavy atom. The molecule has 1 aromatic heterocycles. The van der Waals surface area contributed by atoms with Crippen molar-refractivity contribution in [3.8, 4) is 11.5 Å². The van der Waals surface area contributed by atoms with Crippen LogP contribution in [0.2, 0.25) is 0 Å². The molecule has 7 nitrogen and oxygen atoms in total. The number of ether oxygens (including phenoxy) is 3. The summed E-state index contributed by atoms with van der Waals surface area (Å²) < 4.78 is 18.2. The van der Waals surface area contributed by atoms with Crippen molar-refractivity contribution in [2.24, 2.45) is 4.99 Å². The van der Waals surface area contributed by atoms with E-state index in [0.717, 1.165) is 16.9 Å². The van der Waals surface area contributed by atoms with E-state index in [1.807, 2.05) is 61.5 Å². The number of hydrogen-bond acceptors (Lipinski definition) is 7. The number of aromatic nitrogens is 1. The number of fused-ring (bicyclic) bond motifs is 1. The predicted molar refractivity (Wildman–Crippen MR) is 131 cm³/mol. The fraction of sp³-hybridized carbons (Fsp3) is 0.269. The summed E-state index contributed by atoms with van der Waals surface area (Å²) in [5, 5.41) is 0. The largest absolute Gasteiger partial charge is 0.497 e. The molecule has 4 rings (SSSR count). The van der Waals surface area contributed by atoms with Gasteiger partial charge in [0.15, 0.2) is 4.80 Å². The van der Waals surface area contributed by atoms with Crippen LogP contribution in [0.25, 0.3) is 6.08 Å². The Bertz CT molecular complexity index is 1400. The van der Waals surface area contributed by atoms with Gasteiger partial charge in [-0.05, 0) is 62.2 Å². The fourth-order valence-corrected chi connectivity index (χ4v) is 4.92.